The number of likely N-dealkylation sites (tertiary alicyclic amines) is 1. The Hall–Kier alpha value is -2.48. The Balaban J connectivity index is 1.54. The number of carbonyl (C=O) groups excluding carboxylic acids is 2. The fourth-order valence-electron chi connectivity index (χ4n) is 3.23. The summed E-state index contributed by atoms with van der Waals surface area (Å²) in [5.41, 5.74) is 2.03. The van der Waals surface area contributed by atoms with Gasteiger partial charge in [0.2, 0.25) is 5.13 Å². The zero-order chi connectivity index (χ0) is 18.5. The minimum atomic E-state index is -0.264. The Morgan fingerprint density at radius 3 is 2.54 bits per heavy atom. The fourth-order valence-corrected chi connectivity index (χ4v) is 3.67. The Morgan fingerprint density at radius 1 is 1.23 bits per heavy atom. The summed E-state index contributed by atoms with van der Waals surface area (Å²) >= 11 is 1.25. The molecule has 0 spiro atoms. The van der Waals surface area contributed by atoms with Crippen LogP contribution in [0.3, 0.4) is 0 Å². The van der Waals surface area contributed by atoms with E-state index in [4.69, 9.17) is 4.74 Å². The zero-order valence-corrected chi connectivity index (χ0v) is 15.7. The molecule has 0 radical (unpaired) electrons. The molecule has 7 nitrogen and oxygen atoms in total. The number of carbonyl (C=O) groups is 2. The normalized spacial score (nSPS) is 19.8. The first kappa shape index (κ1) is 18.3. The van der Waals surface area contributed by atoms with E-state index in [2.05, 4.69) is 29.4 Å². The minimum Gasteiger partial charge on any atom is -0.484 e. The quantitative estimate of drug-likeness (QED) is 0.870. The number of piperidine rings is 1. The molecule has 26 heavy (non-hydrogen) atoms. The van der Waals surface area contributed by atoms with E-state index in [1.807, 2.05) is 4.90 Å². The summed E-state index contributed by atoms with van der Waals surface area (Å²) in [4.78, 5) is 26.5. The van der Waals surface area contributed by atoms with Gasteiger partial charge in [-0.1, -0.05) is 11.3 Å². The van der Waals surface area contributed by atoms with Gasteiger partial charge in [0.05, 0.1) is 0 Å². The van der Waals surface area contributed by atoms with Crippen LogP contribution in [0.4, 0.5) is 5.13 Å². The van der Waals surface area contributed by atoms with Gasteiger partial charge in [0.1, 0.15) is 11.3 Å². The van der Waals surface area contributed by atoms with E-state index in [1.165, 1.54) is 11.3 Å². The molecule has 1 aromatic heterocycles. The number of hydrogen-bond donors (Lipinski definition) is 1. The van der Waals surface area contributed by atoms with Gasteiger partial charge in [-0.05, 0) is 57.4 Å². The molecule has 2 heterocycles. The molecule has 1 N–H and O–H groups in total. The number of hydrogen-bond acceptors (Lipinski definition) is 6. The minimum absolute atomic E-state index is 0.00258. The number of nitrogens with zero attached hydrogens (tertiary/aromatic N) is 3. The molecule has 1 aliphatic heterocycles. The summed E-state index contributed by atoms with van der Waals surface area (Å²) in [6.45, 7) is 4.17. The summed E-state index contributed by atoms with van der Waals surface area (Å²) < 4.78 is 5.62. The van der Waals surface area contributed by atoms with E-state index < -0.39 is 0 Å². The largest absolute Gasteiger partial charge is 0.484 e. The third-order valence-electron chi connectivity index (χ3n) is 4.54. The maximum atomic E-state index is 12.5. The standard InChI is InChI=1S/C18H22N4O3S/c1-12-4-3-5-13(2)22(12)16(23)10-25-15-8-6-14(7-9-15)17(24)20-18-21-19-11-26-18/h6-9,11-13H,3-5,10H2,1-2H3,(H,20,21,24)/t12-,13-/m0/s1. The van der Waals surface area contributed by atoms with Crippen molar-refractivity contribution in [2.24, 2.45) is 0 Å². The molecule has 2 atom stereocenters. The predicted octanol–water partition coefficient (Wildman–Crippen LogP) is 2.96. The van der Waals surface area contributed by atoms with E-state index in [-0.39, 0.29) is 30.5 Å². The van der Waals surface area contributed by atoms with Gasteiger partial charge in [-0.15, -0.1) is 10.2 Å². The van der Waals surface area contributed by atoms with Crippen LogP contribution in [-0.2, 0) is 4.79 Å². The van der Waals surface area contributed by atoms with Crippen LogP contribution in [-0.4, -0.2) is 45.6 Å². The van der Waals surface area contributed by atoms with E-state index in [1.54, 1.807) is 29.8 Å². The number of aromatic nitrogens is 2. The van der Waals surface area contributed by atoms with E-state index in [0.717, 1.165) is 19.3 Å². The second kappa shape index (κ2) is 8.27. The molecule has 0 saturated carbocycles. The van der Waals surface area contributed by atoms with Crippen LogP contribution in [0.25, 0.3) is 0 Å². The lowest BCUT2D eigenvalue weighted by atomic mass is 9.97. The fraction of sp³-hybridized carbons (Fsp3) is 0.444. The second-order valence-electron chi connectivity index (χ2n) is 6.44. The van der Waals surface area contributed by atoms with Crippen molar-refractivity contribution in [3.63, 3.8) is 0 Å². The van der Waals surface area contributed by atoms with Crippen LogP contribution >= 0.6 is 11.3 Å². The molecule has 0 aliphatic carbocycles. The van der Waals surface area contributed by atoms with E-state index in [9.17, 15) is 9.59 Å². The number of rotatable bonds is 5. The average Bonchev–Trinajstić information content (AvgIpc) is 3.13. The summed E-state index contributed by atoms with van der Waals surface area (Å²) in [6.07, 6.45) is 3.23. The third-order valence-corrected chi connectivity index (χ3v) is 5.15. The number of anilines is 1. The highest BCUT2D eigenvalue weighted by Gasteiger charge is 2.28. The molecule has 2 aromatic rings. The van der Waals surface area contributed by atoms with Gasteiger partial charge in [-0.2, -0.15) is 0 Å². The predicted molar refractivity (Wildman–Crippen MR) is 99.4 cm³/mol. The van der Waals surface area contributed by atoms with Gasteiger partial charge in [0.25, 0.3) is 11.8 Å². The summed E-state index contributed by atoms with van der Waals surface area (Å²) in [7, 11) is 0. The maximum Gasteiger partial charge on any atom is 0.260 e. The number of nitrogens with one attached hydrogen (secondary N) is 1. The second-order valence-corrected chi connectivity index (χ2v) is 7.27. The van der Waals surface area contributed by atoms with Crippen LogP contribution < -0.4 is 10.1 Å². The monoisotopic (exact) mass is 374 g/mol. The van der Waals surface area contributed by atoms with Crippen LogP contribution in [0.5, 0.6) is 5.75 Å². The topological polar surface area (TPSA) is 84.4 Å². The van der Waals surface area contributed by atoms with Crippen molar-refractivity contribution in [1.29, 1.82) is 0 Å². The Morgan fingerprint density at radius 2 is 1.92 bits per heavy atom. The molecule has 8 heteroatoms. The van der Waals surface area contributed by atoms with Crippen molar-refractivity contribution in [3.8, 4) is 5.75 Å². The average molecular weight is 374 g/mol. The van der Waals surface area contributed by atoms with Gasteiger partial charge >= 0.3 is 0 Å². The van der Waals surface area contributed by atoms with Crippen LogP contribution in [0.1, 0.15) is 43.5 Å². The molecule has 3 rings (SSSR count). The van der Waals surface area contributed by atoms with Crippen molar-refractivity contribution in [2.45, 2.75) is 45.2 Å². The van der Waals surface area contributed by atoms with Gasteiger partial charge in [-0.25, -0.2) is 0 Å². The van der Waals surface area contributed by atoms with Gasteiger partial charge < -0.3 is 9.64 Å². The Bertz CT molecular complexity index is 738. The van der Waals surface area contributed by atoms with Gasteiger partial charge in [-0.3, -0.25) is 14.9 Å². The van der Waals surface area contributed by atoms with E-state index >= 15 is 0 Å². The van der Waals surface area contributed by atoms with Crippen molar-refractivity contribution >= 4 is 28.3 Å². The lowest BCUT2D eigenvalue weighted by molar-refractivity contribution is -0.139. The first-order valence-corrected chi connectivity index (χ1v) is 9.54. The SMILES string of the molecule is C[C@H]1CCC[C@H](C)N1C(=O)COc1ccc(C(=O)Nc2nncs2)cc1. The molecule has 0 unspecified atom stereocenters. The van der Waals surface area contributed by atoms with Crippen LogP contribution in [0.2, 0.25) is 0 Å². The molecular weight excluding hydrogens is 352 g/mol. The summed E-state index contributed by atoms with van der Waals surface area (Å²) in [6, 6.07) is 7.18. The summed E-state index contributed by atoms with van der Waals surface area (Å²) in [5.74, 6) is 0.297. The Kier molecular flexibility index (Phi) is 5.82. The maximum absolute atomic E-state index is 12.5. The molecule has 0 bridgehead atoms. The first-order valence-electron chi connectivity index (χ1n) is 8.66. The van der Waals surface area contributed by atoms with Gasteiger partial charge in [0.15, 0.2) is 6.61 Å². The molecular formula is C18H22N4O3S. The van der Waals surface area contributed by atoms with Gasteiger partial charge in [0, 0.05) is 17.6 Å². The highest BCUT2D eigenvalue weighted by molar-refractivity contribution is 7.13. The highest BCUT2D eigenvalue weighted by Crippen LogP contribution is 2.23. The molecule has 1 aromatic carbocycles. The smallest absolute Gasteiger partial charge is 0.260 e. The molecule has 138 valence electrons. The zero-order valence-electron chi connectivity index (χ0n) is 14.8. The third kappa shape index (κ3) is 4.37. The Labute approximate surface area is 156 Å². The van der Waals surface area contributed by atoms with Crippen molar-refractivity contribution in [1.82, 2.24) is 15.1 Å². The first-order chi connectivity index (χ1) is 12.5. The van der Waals surface area contributed by atoms with Crippen LogP contribution in [0.15, 0.2) is 29.8 Å². The van der Waals surface area contributed by atoms with E-state index in [0.29, 0.717) is 16.4 Å². The number of amides is 2. The van der Waals surface area contributed by atoms with Crippen molar-refractivity contribution in [2.75, 3.05) is 11.9 Å². The van der Waals surface area contributed by atoms with Crippen LogP contribution in [0, 0.1) is 0 Å². The number of benzene rings is 1. The molecule has 2 amide bonds. The lowest BCUT2D eigenvalue weighted by Crippen LogP contribution is -2.49. The molecule has 1 aliphatic rings. The lowest BCUT2D eigenvalue weighted by Gasteiger charge is -2.38. The van der Waals surface area contributed by atoms with Crippen molar-refractivity contribution in [3.05, 3.63) is 35.3 Å². The molecule has 1 fully saturated rings. The van der Waals surface area contributed by atoms with Crippen molar-refractivity contribution < 1.29 is 14.3 Å². The summed E-state index contributed by atoms with van der Waals surface area (Å²) in [5, 5.41) is 10.6. The highest BCUT2D eigenvalue weighted by atomic mass is 32.1. The molecule has 1 saturated heterocycles. The number of ether oxygens (including phenoxy) is 1.